The lowest BCUT2D eigenvalue weighted by atomic mass is 9.80. The van der Waals surface area contributed by atoms with Gasteiger partial charge in [0.1, 0.15) is 0 Å². The number of carboxylic acid groups (broad SMARTS) is 1. The number of amides is 1. The van der Waals surface area contributed by atoms with Gasteiger partial charge in [-0.2, -0.15) is 0 Å². The van der Waals surface area contributed by atoms with E-state index in [9.17, 15) is 14.7 Å². The first-order chi connectivity index (χ1) is 11.6. The lowest BCUT2D eigenvalue weighted by Crippen LogP contribution is -2.42. The van der Waals surface area contributed by atoms with Gasteiger partial charge in [-0.1, -0.05) is 30.7 Å². The van der Waals surface area contributed by atoms with Crippen molar-refractivity contribution in [3.63, 3.8) is 0 Å². The van der Waals surface area contributed by atoms with Gasteiger partial charge in [-0.25, -0.2) is 0 Å². The highest BCUT2D eigenvalue weighted by Crippen LogP contribution is 2.44. The summed E-state index contributed by atoms with van der Waals surface area (Å²) in [4.78, 5) is 26.8. The van der Waals surface area contributed by atoms with E-state index in [1.54, 1.807) is 0 Å². The van der Waals surface area contributed by atoms with Crippen molar-refractivity contribution in [2.24, 2.45) is 11.8 Å². The molecule has 4 heteroatoms. The van der Waals surface area contributed by atoms with Crippen LogP contribution in [0.3, 0.4) is 0 Å². The molecule has 0 radical (unpaired) electrons. The average Bonchev–Trinajstić information content (AvgIpc) is 3.35. The minimum absolute atomic E-state index is 0.104. The second-order valence-corrected chi connectivity index (χ2v) is 7.63. The smallest absolute Gasteiger partial charge is 0.306 e. The summed E-state index contributed by atoms with van der Waals surface area (Å²) in [7, 11) is 0. The van der Waals surface area contributed by atoms with Gasteiger partial charge in [-0.3, -0.25) is 9.59 Å². The highest BCUT2D eigenvalue weighted by molar-refractivity contribution is 5.81. The Labute approximate surface area is 142 Å². The summed E-state index contributed by atoms with van der Waals surface area (Å²) >= 11 is 0. The Morgan fingerprint density at radius 1 is 1.00 bits per heavy atom. The van der Waals surface area contributed by atoms with Gasteiger partial charge in [0.2, 0.25) is 5.91 Å². The molecule has 3 aliphatic carbocycles. The molecule has 0 saturated heterocycles. The lowest BCUT2D eigenvalue weighted by Gasteiger charge is -2.35. The molecule has 0 aliphatic heterocycles. The molecule has 1 amide bonds. The van der Waals surface area contributed by atoms with E-state index in [-0.39, 0.29) is 23.8 Å². The number of hydrogen-bond donors (Lipinski definition) is 1. The van der Waals surface area contributed by atoms with Crippen LogP contribution in [0.5, 0.6) is 0 Å². The van der Waals surface area contributed by atoms with Crippen LogP contribution in [-0.2, 0) is 16.0 Å². The van der Waals surface area contributed by atoms with Crippen LogP contribution in [0.2, 0.25) is 0 Å². The molecule has 0 heterocycles. The van der Waals surface area contributed by atoms with Crippen molar-refractivity contribution in [2.75, 3.05) is 0 Å². The van der Waals surface area contributed by atoms with E-state index in [0.29, 0.717) is 12.5 Å². The van der Waals surface area contributed by atoms with Crippen molar-refractivity contribution >= 4 is 11.9 Å². The zero-order chi connectivity index (χ0) is 16.7. The second-order valence-electron chi connectivity index (χ2n) is 7.63. The first-order valence-corrected chi connectivity index (χ1v) is 9.28. The molecule has 1 aromatic rings. The minimum Gasteiger partial charge on any atom is -0.481 e. The van der Waals surface area contributed by atoms with Crippen LogP contribution < -0.4 is 0 Å². The summed E-state index contributed by atoms with van der Waals surface area (Å²) in [6.07, 6.45) is 7.18. The standard InChI is InChI=1S/C20H25NO3/c22-19(14-5-3-6-15(12-14)20(23)24)21(16-9-10-16)18-11-8-13-4-1-2-7-17(13)18/h1-2,4,7,14-16,18H,3,5-6,8-12H2,(H,23,24). The topological polar surface area (TPSA) is 57.6 Å². The Balaban J connectivity index is 1.56. The normalized spacial score (nSPS) is 29.1. The number of carbonyl (C=O) groups is 2. The molecule has 24 heavy (non-hydrogen) atoms. The van der Waals surface area contributed by atoms with Gasteiger partial charge in [-0.05, 0) is 56.1 Å². The van der Waals surface area contributed by atoms with Gasteiger partial charge in [0, 0.05) is 12.0 Å². The summed E-state index contributed by atoms with van der Waals surface area (Å²) in [5, 5.41) is 9.31. The monoisotopic (exact) mass is 327 g/mol. The molecule has 2 fully saturated rings. The number of aliphatic carboxylic acids is 1. The molecule has 4 nitrogen and oxygen atoms in total. The fourth-order valence-corrected chi connectivity index (χ4v) is 4.61. The van der Waals surface area contributed by atoms with Gasteiger partial charge in [0.25, 0.3) is 0 Å². The quantitative estimate of drug-likeness (QED) is 0.920. The second kappa shape index (κ2) is 6.23. The molecule has 0 bridgehead atoms. The molecule has 1 aromatic carbocycles. The number of aryl methyl sites for hydroxylation is 1. The van der Waals surface area contributed by atoms with Gasteiger partial charge >= 0.3 is 5.97 Å². The number of fused-ring (bicyclic) bond motifs is 1. The van der Waals surface area contributed by atoms with Crippen molar-refractivity contribution < 1.29 is 14.7 Å². The fourth-order valence-electron chi connectivity index (χ4n) is 4.61. The number of hydrogen-bond acceptors (Lipinski definition) is 2. The van der Waals surface area contributed by atoms with E-state index in [0.717, 1.165) is 44.9 Å². The van der Waals surface area contributed by atoms with Gasteiger partial charge in [0.05, 0.1) is 12.0 Å². The van der Waals surface area contributed by atoms with Gasteiger partial charge in [-0.15, -0.1) is 0 Å². The van der Waals surface area contributed by atoms with Crippen molar-refractivity contribution in [2.45, 2.75) is 63.5 Å². The SMILES string of the molecule is O=C(O)C1CCCC(C(=O)N(C2CC2)C2CCc3ccccc32)C1. The third-order valence-corrected chi connectivity index (χ3v) is 6.00. The predicted octanol–water partition coefficient (Wildman–Crippen LogP) is 3.56. The van der Waals surface area contributed by atoms with Crippen LogP contribution in [0.15, 0.2) is 24.3 Å². The van der Waals surface area contributed by atoms with E-state index in [4.69, 9.17) is 0 Å². The largest absolute Gasteiger partial charge is 0.481 e. The van der Waals surface area contributed by atoms with Crippen LogP contribution in [0.25, 0.3) is 0 Å². The summed E-state index contributed by atoms with van der Waals surface area (Å²) < 4.78 is 0. The Kier molecular flexibility index (Phi) is 4.07. The molecule has 3 aliphatic rings. The van der Waals surface area contributed by atoms with Crippen molar-refractivity contribution in [3.8, 4) is 0 Å². The first kappa shape index (κ1) is 15.7. The van der Waals surface area contributed by atoms with Crippen molar-refractivity contribution in [1.29, 1.82) is 0 Å². The molecule has 3 atom stereocenters. The van der Waals surface area contributed by atoms with Crippen molar-refractivity contribution in [3.05, 3.63) is 35.4 Å². The fraction of sp³-hybridized carbons (Fsp3) is 0.600. The first-order valence-electron chi connectivity index (χ1n) is 9.28. The van der Waals surface area contributed by atoms with Crippen LogP contribution in [0.4, 0.5) is 0 Å². The molecule has 3 unspecified atom stereocenters. The van der Waals surface area contributed by atoms with E-state index < -0.39 is 5.97 Å². The van der Waals surface area contributed by atoms with Gasteiger partial charge in [0.15, 0.2) is 0 Å². The number of rotatable bonds is 4. The molecular formula is C20H25NO3. The Morgan fingerprint density at radius 2 is 1.75 bits per heavy atom. The number of nitrogens with zero attached hydrogens (tertiary/aromatic N) is 1. The molecular weight excluding hydrogens is 302 g/mol. The summed E-state index contributed by atoms with van der Waals surface area (Å²) in [5.41, 5.74) is 2.68. The average molecular weight is 327 g/mol. The Hall–Kier alpha value is -1.84. The predicted molar refractivity (Wildman–Crippen MR) is 90.5 cm³/mol. The van der Waals surface area contributed by atoms with Crippen LogP contribution in [0, 0.1) is 11.8 Å². The molecule has 128 valence electrons. The molecule has 2 saturated carbocycles. The molecule has 0 aromatic heterocycles. The Bertz CT molecular complexity index is 652. The highest BCUT2D eigenvalue weighted by Gasteiger charge is 2.43. The third-order valence-electron chi connectivity index (χ3n) is 6.00. The molecule has 4 rings (SSSR count). The zero-order valence-corrected chi connectivity index (χ0v) is 14.0. The van der Waals surface area contributed by atoms with Crippen LogP contribution in [-0.4, -0.2) is 27.9 Å². The van der Waals surface area contributed by atoms with Crippen LogP contribution >= 0.6 is 0 Å². The zero-order valence-electron chi connectivity index (χ0n) is 14.0. The number of benzene rings is 1. The molecule has 0 spiro atoms. The maximum atomic E-state index is 13.3. The summed E-state index contributed by atoms with van der Waals surface area (Å²) in [6, 6.07) is 9.05. The maximum absolute atomic E-state index is 13.3. The number of carbonyl (C=O) groups excluding carboxylic acids is 1. The van der Waals surface area contributed by atoms with Crippen LogP contribution in [0.1, 0.15) is 62.1 Å². The van der Waals surface area contributed by atoms with Crippen molar-refractivity contribution in [1.82, 2.24) is 4.90 Å². The third kappa shape index (κ3) is 2.83. The molecule has 1 N–H and O–H groups in total. The maximum Gasteiger partial charge on any atom is 0.306 e. The number of carboxylic acids is 1. The highest BCUT2D eigenvalue weighted by atomic mass is 16.4. The van der Waals surface area contributed by atoms with E-state index in [1.165, 1.54) is 11.1 Å². The van der Waals surface area contributed by atoms with Gasteiger partial charge < -0.3 is 10.0 Å². The lowest BCUT2D eigenvalue weighted by molar-refractivity contribution is -0.146. The minimum atomic E-state index is -0.739. The summed E-state index contributed by atoms with van der Waals surface area (Å²) in [5.74, 6) is -0.973. The summed E-state index contributed by atoms with van der Waals surface area (Å²) in [6.45, 7) is 0. The Morgan fingerprint density at radius 3 is 2.50 bits per heavy atom. The van der Waals surface area contributed by atoms with E-state index in [2.05, 4.69) is 29.2 Å². The van der Waals surface area contributed by atoms with E-state index in [1.807, 2.05) is 0 Å². The van der Waals surface area contributed by atoms with E-state index >= 15 is 0 Å².